The quantitative estimate of drug-likeness (QED) is 0.526. The van der Waals surface area contributed by atoms with E-state index in [0.717, 1.165) is 16.9 Å². The summed E-state index contributed by atoms with van der Waals surface area (Å²) < 4.78 is 27.1. The van der Waals surface area contributed by atoms with Gasteiger partial charge in [0.15, 0.2) is 0 Å². The number of aryl methyl sites for hydroxylation is 1. The van der Waals surface area contributed by atoms with Crippen LogP contribution in [0.25, 0.3) is 0 Å². The molecule has 2 aliphatic carbocycles. The molecule has 2 aliphatic heterocycles. The number of imide groups is 1. The van der Waals surface area contributed by atoms with E-state index in [1.54, 1.807) is 24.3 Å². The molecule has 0 spiro atoms. The smallest absolute Gasteiger partial charge is 0.243 e. The SMILES string of the molecule is Cc1ccc(S(=O)(=O)N2CCC(NC(=O)CN3C(=O)C4C5C=CC(C5)C4C3=O)CC2)cc1. The summed E-state index contributed by atoms with van der Waals surface area (Å²) in [6, 6.07) is 6.59. The molecule has 3 amide bonds. The van der Waals surface area contributed by atoms with Gasteiger partial charge in [-0.25, -0.2) is 8.42 Å². The van der Waals surface area contributed by atoms with Gasteiger partial charge in [0.05, 0.1) is 16.7 Å². The highest BCUT2D eigenvalue weighted by Crippen LogP contribution is 2.52. The Morgan fingerprint density at radius 2 is 1.56 bits per heavy atom. The fourth-order valence-electron chi connectivity index (χ4n) is 5.64. The second kappa shape index (κ2) is 7.81. The van der Waals surface area contributed by atoms with Gasteiger partial charge < -0.3 is 5.32 Å². The van der Waals surface area contributed by atoms with E-state index in [4.69, 9.17) is 0 Å². The van der Waals surface area contributed by atoms with Gasteiger partial charge in [0.2, 0.25) is 27.7 Å². The third-order valence-corrected chi connectivity index (χ3v) is 9.25. The average Bonchev–Trinajstić information content (AvgIpc) is 3.45. The maximum atomic E-state index is 12.8. The van der Waals surface area contributed by atoms with E-state index in [1.807, 2.05) is 19.1 Å². The number of piperidine rings is 1. The van der Waals surface area contributed by atoms with Gasteiger partial charge in [0, 0.05) is 19.1 Å². The van der Waals surface area contributed by atoms with Crippen molar-refractivity contribution in [2.75, 3.05) is 19.6 Å². The van der Waals surface area contributed by atoms with Crippen molar-refractivity contribution in [2.24, 2.45) is 23.7 Å². The lowest BCUT2D eigenvalue weighted by Crippen LogP contribution is -2.49. The molecule has 1 aromatic carbocycles. The number of fused-ring (bicyclic) bond motifs is 5. The van der Waals surface area contributed by atoms with Gasteiger partial charge >= 0.3 is 0 Å². The number of benzene rings is 1. The van der Waals surface area contributed by atoms with Crippen molar-refractivity contribution in [3.05, 3.63) is 42.0 Å². The number of carbonyl (C=O) groups excluding carboxylic acids is 3. The summed E-state index contributed by atoms with van der Waals surface area (Å²) in [5.74, 6) is -1.20. The van der Waals surface area contributed by atoms with Crippen molar-refractivity contribution < 1.29 is 22.8 Å². The first-order valence-electron chi connectivity index (χ1n) is 11.2. The van der Waals surface area contributed by atoms with Crippen LogP contribution in [-0.4, -0.2) is 61.0 Å². The lowest BCUT2D eigenvalue weighted by molar-refractivity contribution is -0.144. The highest BCUT2D eigenvalue weighted by atomic mass is 32.2. The molecular formula is C23H27N3O5S. The molecule has 5 rings (SSSR count). The number of nitrogens with one attached hydrogen (secondary N) is 1. The Morgan fingerprint density at radius 3 is 2.12 bits per heavy atom. The van der Waals surface area contributed by atoms with Gasteiger partial charge in [0.1, 0.15) is 6.54 Å². The number of hydrogen-bond donors (Lipinski definition) is 1. The first-order chi connectivity index (χ1) is 15.3. The van der Waals surface area contributed by atoms with Gasteiger partial charge in [-0.3, -0.25) is 19.3 Å². The van der Waals surface area contributed by atoms with Gasteiger partial charge in [-0.15, -0.1) is 0 Å². The summed E-state index contributed by atoms with van der Waals surface area (Å²) in [5, 5.41) is 2.89. The molecule has 2 bridgehead atoms. The molecule has 0 radical (unpaired) electrons. The Bertz CT molecular complexity index is 1060. The van der Waals surface area contributed by atoms with Crippen LogP contribution in [0.3, 0.4) is 0 Å². The number of amides is 3. The molecule has 2 heterocycles. The minimum atomic E-state index is -3.56. The first kappa shape index (κ1) is 21.3. The van der Waals surface area contributed by atoms with Gasteiger partial charge in [-0.1, -0.05) is 29.8 Å². The Balaban J connectivity index is 1.15. The minimum absolute atomic E-state index is 0.120. The molecular weight excluding hydrogens is 430 g/mol. The van der Waals surface area contributed by atoms with Crippen LogP contribution in [0, 0.1) is 30.6 Å². The zero-order valence-electron chi connectivity index (χ0n) is 17.9. The van der Waals surface area contributed by atoms with E-state index in [-0.39, 0.29) is 58.9 Å². The summed E-state index contributed by atoms with van der Waals surface area (Å²) in [7, 11) is -3.56. The third-order valence-electron chi connectivity index (χ3n) is 7.34. The maximum absolute atomic E-state index is 12.8. The Morgan fingerprint density at radius 1 is 1.00 bits per heavy atom. The summed E-state index contributed by atoms with van der Waals surface area (Å²) in [6.45, 7) is 2.26. The van der Waals surface area contributed by atoms with Crippen molar-refractivity contribution in [1.82, 2.24) is 14.5 Å². The zero-order chi connectivity index (χ0) is 22.6. The lowest BCUT2D eigenvalue weighted by atomic mass is 9.85. The third kappa shape index (κ3) is 3.47. The van der Waals surface area contributed by atoms with Crippen molar-refractivity contribution in [3.63, 3.8) is 0 Å². The van der Waals surface area contributed by atoms with Crippen LogP contribution in [0.15, 0.2) is 41.3 Å². The van der Waals surface area contributed by atoms with Crippen LogP contribution >= 0.6 is 0 Å². The largest absolute Gasteiger partial charge is 0.352 e. The zero-order valence-corrected chi connectivity index (χ0v) is 18.8. The summed E-state index contributed by atoms with van der Waals surface area (Å²) >= 11 is 0. The van der Waals surface area contributed by atoms with E-state index in [0.29, 0.717) is 25.9 Å². The molecule has 3 fully saturated rings. The molecule has 1 saturated carbocycles. The van der Waals surface area contributed by atoms with Crippen molar-refractivity contribution >= 4 is 27.7 Å². The number of carbonyl (C=O) groups is 3. The number of nitrogens with zero attached hydrogens (tertiary/aromatic N) is 2. The average molecular weight is 458 g/mol. The Labute approximate surface area is 187 Å². The predicted molar refractivity (Wildman–Crippen MR) is 116 cm³/mol. The van der Waals surface area contributed by atoms with Crippen LogP contribution in [-0.2, 0) is 24.4 Å². The van der Waals surface area contributed by atoms with Crippen LogP contribution in [0.4, 0.5) is 0 Å². The van der Waals surface area contributed by atoms with E-state index in [2.05, 4.69) is 5.32 Å². The Hall–Kier alpha value is -2.52. The molecule has 4 atom stereocenters. The van der Waals surface area contributed by atoms with Crippen molar-refractivity contribution in [1.29, 1.82) is 0 Å². The van der Waals surface area contributed by atoms with Crippen LogP contribution in [0.1, 0.15) is 24.8 Å². The maximum Gasteiger partial charge on any atom is 0.243 e. The molecule has 4 unspecified atom stereocenters. The fourth-order valence-corrected chi connectivity index (χ4v) is 7.11. The summed E-state index contributed by atoms with van der Waals surface area (Å²) in [5.41, 5.74) is 0.993. The van der Waals surface area contributed by atoms with Crippen LogP contribution in [0.2, 0.25) is 0 Å². The monoisotopic (exact) mass is 457 g/mol. The minimum Gasteiger partial charge on any atom is -0.352 e. The van der Waals surface area contributed by atoms with E-state index in [1.165, 1.54) is 4.31 Å². The van der Waals surface area contributed by atoms with E-state index >= 15 is 0 Å². The highest BCUT2D eigenvalue weighted by molar-refractivity contribution is 7.89. The Kier molecular flexibility index (Phi) is 5.21. The highest BCUT2D eigenvalue weighted by Gasteiger charge is 2.59. The van der Waals surface area contributed by atoms with Crippen LogP contribution in [0.5, 0.6) is 0 Å². The number of hydrogen-bond acceptors (Lipinski definition) is 5. The molecule has 9 heteroatoms. The van der Waals surface area contributed by atoms with Crippen molar-refractivity contribution in [2.45, 2.75) is 37.1 Å². The molecule has 32 heavy (non-hydrogen) atoms. The molecule has 170 valence electrons. The first-order valence-corrected chi connectivity index (χ1v) is 12.6. The number of sulfonamides is 1. The van der Waals surface area contributed by atoms with Gasteiger partial charge in [0.25, 0.3) is 0 Å². The van der Waals surface area contributed by atoms with Gasteiger partial charge in [-0.2, -0.15) is 4.31 Å². The van der Waals surface area contributed by atoms with E-state index < -0.39 is 10.0 Å². The normalized spacial score (nSPS) is 30.2. The fraction of sp³-hybridized carbons (Fsp3) is 0.522. The lowest BCUT2D eigenvalue weighted by Gasteiger charge is -2.32. The molecule has 1 N–H and O–H groups in total. The second-order valence-corrected chi connectivity index (χ2v) is 11.3. The van der Waals surface area contributed by atoms with E-state index in [9.17, 15) is 22.8 Å². The van der Waals surface area contributed by atoms with Crippen LogP contribution < -0.4 is 5.32 Å². The van der Waals surface area contributed by atoms with Gasteiger partial charge in [-0.05, 0) is 50.2 Å². The number of allylic oxidation sites excluding steroid dienone is 2. The number of rotatable bonds is 5. The topological polar surface area (TPSA) is 104 Å². The second-order valence-electron chi connectivity index (χ2n) is 9.32. The molecule has 2 saturated heterocycles. The molecule has 1 aromatic rings. The summed E-state index contributed by atoms with van der Waals surface area (Å²) in [4.78, 5) is 39.5. The molecule has 0 aromatic heterocycles. The molecule has 4 aliphatic rings. The number of likely N-dealkylation sites (tertiary alicyclic amines) is 1. The van der Waals surface area contributed by atoms with Crippen molar-refractivity contribution in [3.8, 4) is 0 Å². The molecule has 8 nitrogen and oxygen atoms in total. The summed E-state index contributed by atoms with van der Waals surface area (Å²) in [6.07, 6.45) is 5.88. The standard InChI is InChI=1S/C23H27N3O5S/c1-14-2-6-18(7-3-14)32(30,31)25-10-8-17(9-11-25)24-19(27)13-26-22(28)20-15-4-5-16(12-15)21(20)23(26)29/h2-7,15-17,20-21H,8-13H2,1H3,(H,24,27). The predicted octanol–water partition coefficient (Wildman–Crippen LogP) is 1.07.